The molecule has 11 nitrogen and oxygen atoms in total. The molecule has 0 N–H and O–H groups in total. The number of ketones is 2. The number of ether oxygens (including phenoxy) is 5. The highest BCUT2D eigenvalue weighted by Gasteiger charge is 2.38. The summed E-state index contributed by atoms with van der Waals surface area (Å²) in [5.41, 5.74) is 1.43. The molecule has 2 aromatic carbocycles. The van der Waals surface area contributed by atoms with E-state index in [1.807, 2.05) is 12.1 Å². The van der Waals surface area contributed by atoms with E-state index in [4.69, 9.17) is 23.7 Å². The van der Waals surface area contributed by atoms with Crippen LogP contribution in [0.1, 0.15) is 129 Å². The molecule has 12 heteroatoms. The number of Topliss-reactive ketones (excluding diaryl/α,β-unsaturated/α-hetero) is 2. The molecule has 0 amide bonds. The van der Waals surface area contributed by atoms with Crippen molar-refractivity contribution in [2.45, 2.75) is 124 Å². The highest BCUT2D eigenvalue weighted by molar-refractivity contribution is 5.94. The Morgan fingerprint density at radius 3 is 1.87 bits per heavy atom. The number of benzene rings is 2. The normalized spacial score (nSPS) is 15.0. The molecule has 2 aromatic rings. The molecule has 1 aliphatic rings. The monoisotopic (exact) mass is 834 g/mol. The number of hydrogen-bond acceptors (Lipinski definition) is 11. The van der Waals surface area contributed by atoms with Gasteiger partial charge < -0.3 is 23.7 Å². The summed E-state index contributed by atoms with van der Waals surface area (Å²) in [6.45, 7) is 13.1. The quantitative estimate of drug-likeness (QED) is 0.0294. The Kier molecular flexibility index (Phi) is 20.4. The Morgan fingerprint density at radius 1 is 0.700 bits per heavy atom. The van der Waals surface area contributed by atoms with Gasteiger partial charge in [-0.1, -0.05) is 70.4 Å². The topological polar surface area (TPSA) is 149 Å². The molecule has 0 saturated heterocycles. The van der Waals surface area contributed by atoms with Crippen LogP contribution in [0.2, 0.25) is 0 Å². The summed E-state index contributed by atoms with van der Waals surface area (Å²) in [4.78, 5) is 73.0. The number of unbranched alkanes of at least 4 members (excludes halogenated alkanes) is 3. The zero-order chi connectivity index (χ0) is 44.2. The van der Waals surface area contributed by atoms with Crippen molar-refractivity contribution in [3.05, 3.63) is 77.6 Å². The smallest absolute Gasteiger partial charge is 0.333 e. The van der Waals surface area contributed by atoms with E-state index in [1.54, 1.807) is 31.2 Å². The van der Waals surface area contributed by atoms with Crippen molar-refractivity contribution < 1.29 is 56.8 Å². The number of carbonyl (C=O) groups is 6. The highest BCUT2D eigenvalue weighted by atomic mass is 19.1. The van der Waals surface area contributed by atoms with E-state index in [1.165, 1.54) is 52.9 Å². The van der Waals surface area contributed by atoms with Crippen LogP contribution in [-0.4, -0.2) is 68.5 Å². The lowest BCUT2D eigenvalue weighted by atomic mass is 9.77. The van der Waals surface area contributed by atoms with E-state index in [-0.39, 0.29) is 30.2 Å². The maximum absolute atomic E-state index is 16.0. The minimum Gasteiger partial charge on any atom is -0.492 e. The fraction of sp³-hybridized carbons (Fsp3) is 0.542. The molecule has 0 spiro atoms. The van der Waals surface area contributed by atoms with Crippen LogP contribution in [0.4, 0.5) is 4.39 Å². The van der Waals surface area contributed by atoms with Gasteiger partial charge in [-0.3, -0.25) is 19.2 Å². The van der Waals surface area contributed by atoms with E-state index in [9.17, 15) is 28.8 Å². The van der Waals surface area contributed by atoms with Gasteiger partial charge in [0.15, 0.2) is 0 Å². The number of rotatable bonds is 26. The molecule has 0 aliphatic heterocycles. The lowest BCUT2D eigenvalue weighted by Gasteiger charge is -2.32. The second-order valence-electron chi connectivity index (χ2n) is 16.4. The van der Waals surface area contributed by atoms with Crippen molar-refractivity contribution in [1.82, 2.24) is 0 Å². The van der Waals surface area contributed by atoms with Crippen molar-refractivity contribution in [2.24, 2.45) is 11.3 Å². The van der Waals surface area contributed by atoms with Gasteiger partial charge in [0.25, 0.3) is 0 Å². The zero-order valence-corrected chi connectivity index (χ0v) is 36.1. The summed E-state index contributed by atoms with van der Waals surface area (Å²) in [6, 6.07) is 10.6. The van der Waals surface area contributed by atoms with Crippen LogP contribution in [0.25, 0.3) is 11.1 Å². The molecule has 60 heavy (non-hydrogen) atoms. The number of aryl methyl sites for hydroxylation is 1. The predicted molar refractivity (Wildman–Crippen MR) is 226 cm³/mol. The van der Waals surface area contributed by atoms with Crippen LogP contribution >= 0.6 is 0 Å². The Labute approximate surface area is 354 Å². The number of hydrogen-bond donors (Lipinski definition) is 0. The summed E-state index contributed by atoms with van der Waals surface area (Å²) in [6.07, 6.45) is 10.4. The molecule has 1 saturated carbocycles. The maximum atomic E-state index is 16.0. The van der Waals surface area contributed by atoms with Gasteiger partial charge in [-0.2, -0.15) is 0 Å². The van der Waals surface area contributed by atoms with E-state index in [0.29, 0.717) is 41.2 Å². The first kappa shape index (κ1) is 49.2. The molecule has 0 atom stereocenters. The third kappa shape index (κ3) is 16.9. The molecule has 3 rings (SSSR count). The van der Waals surface area contributed by atoms with Gasteiger partial charge in [-0.15, -0.1) is 0 Å². The van der Waals surface area contributed by atoms with Crippen LogP contribution in [0.15, 0.2) is 60.7 Å². The predicted octanol–water partition coefficient (Wildman–Crippen LogP) is 9.32. The molecule has 1 fully saturated rings. The second-order valence-corrected chi connectivity index (χ2v) is 16.4. The highest BCUT2D eigenvalue weighted by Crippen LogP contribution is 2.39. The summed E-state index contributed by atoms with van der Waals surface area (Å²) >= 11 is 0. The van der Waals surface area contributed by atoms with Gasteiger partial charge in [-0.25, -0.2) is 14.0 Å². The molecule has 328 valence electrons. The number of esters is 4. The minimum absolute atomic E-state index is 0.0679. The summed E-state index contributed by atoms with van der Waals surface area (Å²) < 4.78 is 44.0. The van der Waals surface area contributed by atoms with E-state index < -0.39 is 73.5 Å². The fourth-order valence-corrected chi connectivity index (χ4v) is 7.10. The Morgan fingerprint density at radius 2 is 1.30 bits per heavy atom. The first-order valence-corrected chi connectivity index (χ1v) is 21.0. The molecule has 0 heterocycles. The van der Waals surface area contributed by atoms with Crippen molar-refractivity contribution in [2.75, 3.05) is 33.0 Å². The Balaban J connectivity index is 1.93. The molecule has 0 radical (unpaired) electrons. The van der Waals surface area contributed by atoms with Crippen molar-refractivity contribution >= 4 is 35.4 Å². The van der Waals surface area contributed by atoms with E-state index in [2.05, 4.69) is 20.1 Å². The van der Waals surface area contributed by atoms with Crippen molar-refractivity contribution in [1.29, 1.82) is 0 Å². The van der Waals surface area contributed by atoms with E-state index >= 15 is 4.39 Å². The molecule has 0 aromatic heterocycles. The van der Waals surface area contributed by atoms with Crippen LogP contribution in [0.5, 0.6) is 5.75 Å². The summed E-state index contributed by atoms with van der Waals surface area (Å²) in [7, 11) is 0. The molecular formula is C48H63FO11. The van der Waals surface area contributed by atoms with Crippen LogP contribution in [0.3, 0.4) is 0 Å². The maximum Gasteiger partial charge on any atom is 0.333 e. The first-order valence-electron chi connectivity index (χ1n) is 21.0. The summed E-state index contributed by atoms with van der Waals surface area (Å²) in [5, 5.41) is 0. The van der Waals surface area contributed by atoms with Gasteiger partial charge in [0.2, 0.25) is 0 Å². The van der Waals surface area contributed by atoms with Crippen molar-refractivity contribution in [3.63, 3.8) is 0 Å². The molecular weight excluding hydrogens is 772 g/mol. The zero-order valence-electron chi connectivity index (χ0n) is 36.1. The van der Waals surface area contributed by atoms with Crippen LogP contribution < -0.4 is 4.74 Å². The third-order valence-corrected chi connectivity index (χ3v) is 10.6. The van der Waals surface area contributed by atoms with Gasteiger partial charge >= 0.3 is 23.9 Å². The Hall–Kier alpha value is -5.13. The van der Waals surface area contributed by atoms with Crippen LogP contribution in [-0.2, 0) is 54.1 Å². The number of halogens is 1. The fourth-order valence-electron chi connectivity index (χ4n) is 7.10. The van der Waals surface area contributed by atoms with E-state index in [0.717, 1.165) is 37.2 Å². The second kappa shape index (κ2) is 24.8. The SMILES string of the molecule is C=C(C)C(=O)OCCCc1cc(-c2ccc(C3CCC(CCCCCC)CC3)cc2F)ccc1OCC(COC(=O)CC(C)=O)(COC(=O)CC(C)=O)COC(=O)C(=C)C. The Bertz CT molecular complexity index is 1810. The average Bonchev–Trinajstić information content (AvgIpc) is 3.20. The number of carbonyl (C=O) groups excluding carboxylic acids is 6. The van der Waals surface area contributed by atoms with Crippen molar-refractivity contribution in [3.8, 4) is 16.9 Å². The van der Waals surface area contributed by atoms with Gasteiger partial charge in [0, 0.05) is 16.7 Å². The minimum atomic E-state index is -1.52. The molecule has 0 unspecified atom stereocenters. The lowest BCUT2D eigenvalue weighted by Crippen LogP contribution is -2.44. The van der Waals surface area contributed by atoms with Crippen LogP contribution in [0, 0.1) is 17.2 Å². The molecule has 1 aliphatic carbocycles. The van der Waals surface area contributed by atoms with Gasteiger partial charge in [-0.05, 0) is 113 Å². The summed E-state index contributed by atoms with van der Waals surface area (Å²) in [5.74, 6) is -2.86. The molecule has 0 bridgehead atoms. The average molecular weight is 835 g/mol. The first-order chi connectivity index (χ1) is 28.5. The lowest BCUT2D eigenvalue weighted by molar-refractivity contribution is -0.163. The van der Waals surface area contributed by atoms with Gasteiger partial charge in [0.1, 0.15) is 67.8 Å². The third-order valence-electron chi connectivity index (χ3n) is 10.6. The largest absolute Gasteiger partial charge is 0.492 e. The standard InChI is InChI=1S/C48H63FO11/c1-8-9-10-11-13-36-15-17-37(18-16-36)38-19-21-41(42(49)27-38)39-20-22-43(40(26-39)14-12-23-56-46(54)32(2)3)57-28-48(31-60-47(55)33(4)5,29-58-44(52)24-34(6)50)30-59-45(53)25-35(7)51/h19-22,26-27,36-37H,2,4,8-18,23-25,28-31H2,1,3,5-7H3. The van der Waals surface area contributed by atoms with Gasteiger partial charge in [0.05, 0.1) is 6.61 Å².